The summed E-state index contributed by atoms with van der Waals surface area (Å²) in [6, 6.07) is 0. The zero-order valence-corrected chi connectivity index (χ0v) is 9.57. The first kappa shape index (κ1) is 178. The van der Waals surface area contributed by atoms with Gasteiger partial charge in [0.05, 0.1) is 0 Å². The van der Waals surface area contributed by atoms with E-state index in [1.807, 2.05) is 0 Å². The van der Waals surface area contributed by atoms with Crippen LogP contribution < -0.4 is 0 Å². The Morgan fingerprint density at radius 1 is 0.286 bits per heavy atom. The SMILES string of the molecule is [B].[B].[B].[B].[B].[W].[W]. The van der Waals surface area contributed by atoms with E-state index in [1.54, 1.807) is 0 Å². The van der Waals surface area contributed by atoms with Crippen LogP contribution >= 0.6 is 0 Å². The molecule has 0 fully saturated rings. The monoisotopic (exact) mass is 423 g/mol. The summed E-state index contributed by atoms with van der Waals surface area (Å²) < 4.78 is 0. The molecular formula is B5W2. The van der Waals surface area contributed by atoms with Gasteiger partial charge in [0.15, 0.2) is 0 Å². The van der Waals surface area contributed by atoms with Gasteiger partial charge >= 0.3 is 0 Å². The van der Waals surface area contributed by atoms with Crippen LogP contribution in [-0.2, 0) is 42.1 Å². The van der Waals surface area contributed by atoms with Crippen molar-refractivity contribution in [2.24, 2.45) is 0 Å². The van der Waals surface area contributed by atoms with Crippen molar-refractivity contribution in [3.05, 3.63) is 0 Å². The molecule has 0 amide bonds. The van der Waals surface area contributed by atoms with Crippen molar-refractivity contribution in [1.29, 1.82) is 0 Å². The molecule has 15 radical (unpaired) electrons. The minimum Gasteiger partial charge on any atom is 0 e. The summed E-state index contributed by atoms with van der Waals surface area (Å²) in [6.45, 7) is 0. The molecular weight excluding hydrogens is 422 g/mol. The molecule has 7 heteroatoms. The minimum atomic E-state index is 0. The Morgan fingerprint density at radius 2 is 0.286 bits per heavy atom. The van der Waals surface area contributed by atoms with Crippen LogP contribution in [0.2, 0.25) is 0 Å². The Morgan fingerprint density at radius 3 is 0.286 bits per heavy atom. The molecule has 0 aromatic rings. The molecule has 7 heavy (non-hydrogen) atoms. The van der Waals surface area contributed by atoms with Crippen LogP contribution in [0.1, 0.15) is 0 Å². The standard InChI is InChI=1S/5B.2W. The Balaban J connectivity index is 0. The van der Waals surface area contributed by atoms with Crippen LogP contribution in [-0.4, -0.2) is 42.1 Å². The van der Waals surface area contributed by atoms with Crippen molar-refractivity contribution in [3.8, 4) is 0 Å². The molecule has 0 nitrogen and oxygen atoms in total. The Bertz CT molecular complexity index is 6.04. The molecule has 0 N–H and O–H groups in total. The van der Waals surface area contributed by atoms with Gasteiger partial charge in [0.25, 0.3) is 0 Å². The summed E-state index contributed by atoms with van der Waals surface area (Å²) in [7, 11) is 0. The summed E-state index contributed by atoms with van der Waals surface area (Å²) in [6.07, 6.45) is 0. The molecule has 0 aromatic carbocycles. The second-order valence-electron chi connectivity index (χ2n) is 0. The fourth-order valence-corrected chi connectivity index (χ4v) is 0. The van der Waals surface area contributed by atoms with Crippen molar-refractivity contribution in [1.82, 2.24) is 0 Å². The van der Waals surface area contributed by atoms with Gasteiger partial charge < -0.3 is 0 Å². The van der Waals surface area contributed by atoms with Crippen LogP contribution in [0.15, 0.2) is 0 Å². The van der Waals surface area contributed by atoms with E-state index < -0.39 is 0 Å². The third-order valence-corrected chi connectivity index (χ3v) is 0. The third kappa shape index (κ3) is 86.5. The molecule has 0 bridgehead atoms. The topological polar surface area (TPSA) is 0 Å². The van der Waals surface area contributed by atoms with Crippen molar-refractivity contribution in [2.45, 2.75) is 0 Å². The Kier molecular flexibility index (Phi) is 3040. The van der Waals surface area contributed by atoms with E-state index in [-0.39, 0.29) is 84.2 Å². The van der Waals surface area contributed by atoms with Crippen molar-refractivity contribution in [2.75, 3.05) is 0 Å². The van der Waals surface area contributed by atoms with E-state index in [2.05, 4.69) is 0 Å². The fraction of sp³-hybridized carbons (Fsp3) is 0. The van der Waals surface area contributed by atoms with Gasteiger partial charge in [0.1, 0.15) is 0 Å². The molecule has 0 aliphatic carbocycles. The smallest absolute Gasteiger partial charge is 0 e. The second kappa shape index (κ2) is 119. The number of rotatable bonds is 0. The van der Waals surface area contributed by atoms with Gasteiger partial charge in [-0.05, 0) is 0 Å². The van der Waals surface area contributed by atoms with Gasteiger partial charge in [-0.2, -0.15) is 0 Å². The van der Waals surface area contributed by atoms with Crippen LogP contribution in [0.25, 0.3) is 0 Å². The molecule has 0 saturated carbocycles. The molecule has 0 aliphatic heterocycles. The fourth-order valence-electron chi connectivity index (χ4n) is 0. The molecule has 0 unspecified atom stereocenters. The van der Waals surface area contributed by atoms with Gasteiger partial charge in [0, 0.05) is 84.2 Å². The summed E-state index contributed by atoms with van der Waals surface area (Å²) in [5.41, 5.74) is 0. The van der Waals surface area contributed by atoms with Gasteiger partial charge in [-0.15, -0.1) is 0 Å². The molecule has 0 spiro atoms. The minimum absolute atomic E-state index is 0. The van der Waals surface area contributed by atoms with Gasteiger partial charge in [-0.1, -0.05) is 0 Å². The molecule has 0 aliphatic rings. The quantitative estimate of drug-likeness (QED) is 0.401. The number of hydrogen-bond donors (Lipinski definition) is 0. The van der Waals surface area contributed by atoms with E-state index in [0.717, 1.165) is 0 Å². The Hall–Kier alpha value is 1.70. The first-order valence-corrected chi connectivity index (χ1v) is 0. The molecule has 0 heterocycles. The maximum Gasteiger partial charge on any atom is 0 e. The second-order valence-corrected chi connectivity index (χ2v) is 0. The first-order chi connectivity index (χ1) is 0. The molecule has 0 atom stereocenters. The Labute approximate surface area is 83.8 Å². The third-order valence-electron chi connectivity index (χ3n) is 0. The number of hydrogen-bond acceptors (Lipinski definition) is 0. The van der Waals surface area contributed by atoms with Crippen molar-refractivity contribution in [3.63, 3.8) is 0 Å². The van der Waals surface area contributed by atoms with Crippen LogP contribution in [0, 0.1) is 0 Å². The van der Waals surface area contributed by atoms with Crippen molar-refractivity contribution >= 4 is 42.1 Å². The average Bonchev–Trinajstić information content (AvgIpc) is 0. The molecule has 0 rings (SSSR count). The van der Waals surface area contributed by atoms with E-state index in [1.165, 1.54) is 0 Å². The summed E-state index contributed by atoms with van der Waals surface area (Å²) in [5.74, 6) is 0. The van der Waals surface area contributed by atoms with Crippen LogP contribution in [0.3, 0.4) is 0 Å². The molecule has 27 valence electrons. The predicted octanol–water partition coefficient (Wildman–Crippen LogP) is -1.91. The van der Waals surface area contributed by atoms with Gasteiger partial charge in [-0.3, -0.25) is 0 Å². The zero-order chi connectivity index (χ0) is 0. The largest absolute Gasteiger partial charge is 0 e. The predicted molar refractivity (Wildman–Crippen MR) is 28.8 cm³/mol. The zero-order valence-electron chi connectivity index (χ0n) is 3.70. The van der Waals surface area contributed by atoms with E-state index in [9.17, 15) is 0 Å². The molecule has 0 aromatic heterocycles. The van der Waals surface area contributed by atoms with Crippen molar-refractivity contribution < 1.29 is 42.1 Å². The maximum atomic E-state index is 0. The van der Waals surface area contributed by atoms with Crippen LogP contribution in [0.4, 0.5) is 0 Å². The first-order valence-electron chi connectivity index (χ1n) is 0. The van der Waals surface area contributed by atoms with E-state index in [4.69, 9.17) is 0 Å². The van der Waals surface area contributed by atoms with E-state index in [0.29, 0.717) is 0 Å². The van der Waals surface area contributed by atoms with Crippen LogP contribution in [0.5, 0.6) is 0 Å². The maximum absolute atomic E-state index is 0. The van der Waals surface area contributed by atoms with Gasteiger partial charge in [-0.25, -0.2) is 0 Å². The van der Waals surface area contributed by atoms with E-state index >= 15 is 0 Å². The molecule has 0 saturated heterocycles. The summed E-state index contributed by atoms with van der Waals surface area (Å²) in [4.78, 5) is 0. The van der Waals surface area contributed by atoms with Gasteiger partial charge in [0.2, 0.25) is 0 Å². The average molecular weight is 422 g/mol. The summed E-state index contributed by atoms with van der Waals surface area (Å²) >= 11 is 0. The normalized spacial score (nSPS) is 0. The summed E-state index contributed by atoms with van der Waals surface area (Å²) in [5, 5.41) is 0.